The lowest BCUT2D eigenvalue weighted by Gasteiger charge is -2.02. The Labute approximate surface area is 76.3 Å². The Kier molecular flexibility index (Phi) is 3.20. The van der Waals surface area contributed by atoms with E-state index in [-0.39, 0.29) is 6.54 Å². The molecule has 4 heteroatoms. The SMILES string of the molecule is CC(C)c1nc([C@H](O)CN)cs1. The molecule has 0 aliphatic carbocycles. The molecular weight excluding hydrogens is 172 g/mol. The van der Waals surface area contributed by atoms with Crippen LogP contribution < -0.4 is 5.73 Å². The van der Waals surface area contributed by atoms with Crippen molar-refractivity contribution in [3.8, 4) is 0 Å². The molecule has 3 nitrogen and oxygen atoms in total. The van der Waals surface area contributed by atoms with Crippen molar-refractivity contribution >= 4 is 11.3 Å². The van der Waals surface area contributed by atoms with Crippen molar-refractivity contribution in [3.63, 3.8) is 0 Å². The summed E-state index contributed by atoms with van der Waals surface area (Å²) in [6, 6.07) is 0. The van der Waals surface area contributed by atoms with Crippen LogP contribution in [0.2, 0.25) is 0 Å². The Morgan fingerprint density at radius 2 is 2.33 bits per heavy atom. The second-order valence-corrected chi connectivity index (χ2v) is 3.91. The zero-order valence-corrected chi connectivity index (χ0v) is 8.14. The molecule has 0 fully saturated rings. The lowest BCUT2D eigenvalue weighted by Crippen LogP contribution is -2.11. The van der Waals surface area contributed by atoms with E-state index in [1.54, 1.807) is 11.3 Å². The Hall–Kier alpha value is -0.450. The van der Waals surface area contributed by atoms with Crippen LogP contribution in [-0.4, -0.2) is 16.6 Å². The van der Waals surface area contributed by atoms with E-state index in [9.17, 15) is 5.11 Å². The number of aliphatic hydroxyl groups excluding tert-OH is 1. The smallest absolute Gasteiger partial charge is 0.109 e. The summed E-state index contributed by atoms with van der Waals surface area (Å²) in [7, 11) is 0. The first-order valence-electron chi connectivity index (χ1n) is 3.98. The highest BCUT2D eigenvalue weighted by atomic mass is 32.1. The number of thiazole rings is 1. The van der Waals surface area contributed by atoms with Crippen LogP contribution in [0.4, 0.5) is 0 Å². The van der Waals surface area contributed by atoms with Gasteiger partial charge in [-0.25, -0.2) is 4.98 Å². The molecule has 68 valence electrons. The van der Waals surface area contributed by atoms with E-state index >= 15 is 0 Å². The van der Waals surface area contributed by atoms with Gasteiger partial charge in [0.1, 0.15) is 6.10 Å². The number of rotatable bonds is 3. The minimum Gasteiger partial charge on any atom is -0.385 e. The summed E-state index contributed by atoms with van der Waals surface area (Å²) < 4.78 is 0. The molecule has 1 rings (SSSR count). The van der Waals surface area contributed by atoms with E-state index < -0.39 is 6.10 Å². The normalized spacial score (nSPS) is 13.8. The number of aliphatic hydroxyl groups is 1. The fourth-order valence-electron chi connectivity index (χ4n) is 0.840. The predicted octanol–water partition coefficient (Wildman–Crippen LogP) is 1.26. The summed E-state index contributed by atoms with van der Waals surface area (Å²) in [5, 5.41) is 12.3. The third kappa shape index (κ3) is 2.03. The highest BCUT2D eigenvalue weighted by Gasteiger charge is 2.11. The zero-order valence-electron chi connectivity index (χ0n) is 7.32. The largest absolute Gasteiger partial charge is 0.385 e. The van der Waals surface area contributed by atoms with Gasteiger partial charge < -0.3 is 10.8 Å². The second-order valence-electron chi connectivity index (χ2n) is 3.02. The fourth-order valence-corrected chi connectivity index (χ4v) is 1.72. The average Bonchev–Trinajstić information content (AvgIpc) is 2.51. The summed E-state index contributed by atoms with van der Waals surface area (Å²) in [5.41, 5.74) is 6.00. The van der Waals surface area contributed by atoms with E-state index in [2.05, 4.69) is 18.8 Å². The van der Waals surface area contributed by atoms with Crippen LogP contribution in [0.15, 0.2) is 5.38 Å². The van der Waals surface area contributed by atoms with Gasteiger partial charge in [0.05, 0.1) is 10.7 Å². The quantitative estimate of drug-likeness (QED) is 0.747. The second kappa shape index (κ2) is 3.98. The predicted molar refractivity (Wildman–Crippen MR) is 50.2 cm³/mol. The van der Waals surface area contributed by atoms with Gasteiger partial charge in [-0.05, 0) is 0 Å². The van der Waals surface area contributed by atoms with Gasteiger partial charge in [0.2, 0.25) is 0 Å². The van der Waals surface area contributed by atoms with E-state index in [1.807, 2.05) is 5.38 Å². The third-order valence-corrected chi connectivity index (χ3v) is 2.76. The highest BCUT2D eigenvalue weighted by molar-refractivity contribution is 7.09. The van der Waals surface area contributed by atoms with Crippen molar-refractivity contribution in [3.05, 3.63) is 16.1 Å². The first-order valence-corrected chi connectivity index (χ1v) is 4.86. The first kappa shape index (κ1) is 9.64. The maximum Gasteiger partial charge on any atom is 0.109 e. The summed E-state index contributed by atoms with van der Waals surface area (Å²) in [6.45, 7) is 4.40. The highest BCUT2D eigenvalue weighted by Crippen LogP contribution is 2.22. The molecule has 1 heterocycles. The van der Waals surface area contributed by atoms with Gasteiger partial charge in [-0.3, -0.25) is 0 Å². The number of nitrogens with zero attached hydrogens (tertiary/aromatic N) is 1. The van der Waals surface area contributed by atoms with Crippen LogP contribution in [-0.2, 0) is 0 Å². The van der Waals surface area contributed by atoms with E-state index in [0.29, 0.717) is 11.6 Å². The van der Waals surface area contributed by atoms with Crippen molar-refractivity contribution in [2.45, 2.75) is 25.9 Å². The Morgan fingerprint density at radius 1 is 1.67 bits per heavy atom. The molecule has 0 aliphatic rings. The molecule has 0 aliphatic heterocycles. The minimum atomic E-state index is -0.603. The summed E-state index contributed by atoms with van der Waals surface area (Å²) in [5.74, 6) is 0.425. The van der Waals surface area contributed by atoms with Gasteiger partial charge in [0.25, 0.3) is 0 Å². The lowest BCUT2D eigenvalue weighted by molar-refractivity contribution is 0.182. The molecule has 0 saturated carbocycles. The molecule has 1 aromatic rings. The number of nitrogens with two attached hydrogens (primary N) is 1. The van der Waals surface area contributed by atoms with E-state index in [0.717, 1.165) is 5.01 Å². The minimum absolute atomic E-state index is 0.237. The molecule has 0 aromatic carbocycles. The van der Waals surface area contributed by atoms with Crippen LogP contribution >= 0.6 is 11.3 Å². The molecule has 0 bridgehead atoms. The van der Waals surface area contributed by atoms with Crippen LogP contribution in [0.25, 0.3) is 0 Å². The average molecular weight is 186 g/mol. The Bertz CT molecular complexity index is 247. The molecule has 1 atom stereocenters. The molecule has 1 aromatic heterocycles. The summed E-state index contributed by atoms with van der Waals surface area (Å²) in [6.07, 6.45) is -0.603. The van der Waals surface area contributed by atoms with Crippen LogP contribution in [0.5, 0.6) is 0 Å². The van der Waals surface area contributed by atoms with E-state index in [4.69, 9.17) is 5.73 Å². The van der Waals surface area contributed by atoms with Crippen molar-refractivity contribution in [1.29, 1.82) is 0 Å². The van der Waals surface area contributed by atoms with Gasteiger partial charge >= 0.3 is 0 Å². The lowest BCUT2D eigenvalue weighted by atomic mass is 10.2. The van der Waals surface area contributed by atoms with Gasteiger partial charge in [-0.1, -0.05) is 13.8 Å². The molecular formula is C8H14N2OS. The Morgan fingerprint density at radius 3 is 2.75 bits per heavy atom. The van der Waals surface area contributed by atoms with Crippen LogP contribution in [0.3, 0.4) is 0 Å². The molecule has 0 amide bonds. The van der Waals surface area contributed by atoms with Gasteiger partial charge in [0.15, 0.2) is 0 Å². The van der Waals surface area contributed by atoms with Crippen LogP contribution in [0.1, 0.15) is 36.6 Å². The maximum atomic E-state index is 9.34. The summed E-state index contributed by atoms with van der Waals surface area (Å²) >= 11 is 1.57. The van der Waals surface area contributed by atoms with Crippen molar-refractivity contribution in [1.82, 2.24) is 4.98 Å². The number of hydrogen-bond donors (Lipinski definition) is 2. The zero-order chi connectivity index (χ0) is 9.14. The topological polar surface area (TPSA) is 59.1 Å². The molecule has 12 heavy (non-hydrogen) atoms. The molecule has 0 unspecified atom stereocenters. The van der Waals surface area contributed by atoms with Gasteiger partial charge in [-0.15, -0.1) is 11.3 Å². The summed E-state index contributed by atoms with van der Waals surface area (Å²) in [4.78, 5) is 4.27. The maximum absolute atomic E-state index is 9.34. The van der Waals surface area contributed by atoms with Crippen molar-refractivity contribution < 1.29 is 5.11 Å². The number of hydrogen-bond acceptors (Lipinski definition) is 4. The molecule has 3 N–H and O–H groups in total. The van der Waals surface area contributed by atoms with Crippen molar-refractivity contribution in [2.24, 2.45) is 5.73 Å². The monoisotopic (exact) mass is 186 g/mol. The van der Waals surface area contributed by atoms with Crippen LogP contribution in [0, 0.1) is 0 Å². The van der Waals surface area contributed by atoms with Crippen molar-refractivity contribution in [2.75, 3.05) is 6.54 Å². The standard InChI is InChI=1S/C8H14N2OS/c1-5(2)8-10-6(4-12-8)7(11)3-9/h4-5,7,11H,3,9H2,1-2H3/t7-/m1/s1. The third-order valence-electron chi connectivity index (χ3n) is 1.60. The first-order chi connectivity index (χ1) is 5.65. The Balaban J connectivity index is 2.77. The van der Waals surface area contributed by atoms with E-state index in [1.165, 1.54) is 0 Å². The van der Waals surface area contributed by atoms with Gasteiger partial charge in [0, 0.05) is 17.8 Å². The fraction of sp³-hybridized carbons (Fsp3) is 0.625. The molecule has 0 saturated heterocycles. The number of aromatic nitrogens is 1. The van der Waals surface area contributed by atoms with Gasteiger partial charge in [-0.2, -0.15) is 0 Å². The molecule has 0 radical (unpaired) electrons. The molecule has 0 spiro atoms.